The first-order valence-corrected chi connectivity index (χ1v) is 8.18. The highest BCUT2D eigenvalue weighted by Crippen LogP contribution is 2.62. The first-order valence-electron chi connectivity index (χ1n) is 8.18. The third-order valence-corrected chi connectivity index (χ3v) is 6.48. The van der Waals surface area contributed by atoms with E-state index in [9.17, 15) is 10.2 Å². The van der Waals surface area contributed by atoms with E-state index >= 15 is 0 Å². The second-order valence-electron chi connectivity index (χ2n) is 7.66. The van der Waals surface area contributed by atoms with Crippen molar-refractivity contribution in [2.24, 2.45) is 17.3 Å². The average molecular weight is 284 g/mol. The number of phenolic OH excluding ortho intramolecular Hbond substituents is 1. The standard InChI is InChI=1S/C19H24O2/c1-11-17(21)10-19(2)8-7-15-14-6-4-13(20)9-12(14)3-5-16(15)18(11)19/h4,6,9,15-18,20-21H,1,3,5,7-8,10H2,2H3/t15-,16-,17+,18?,19-/m1/s1. The van der Waals surface area contributed by atoms with Crippen molar-refractivity contribution in [1.29, 1.82) is 0 Å². The summed E-state index contributed by atoms with van der Waals surface area (Å²) in [5.41, 5.74) is 4.07. The Hall–Kier alpha value is -1.28. The third-order valence-electron chi connectivity index (χ3n) is 6.48. The van der Waals surface area contributed by atoms with E-state index in [0.717, 1.165) is 24.8 Å². The van der Waals surface area contributed by atoms with Gasteiger partial charge >= 0.3 is 0 Å². The van der Waals surface area contributed by atoms with Crippen LogP contribution in [0.4, 0.5) is 0 Å². The quantitative estimate of drug-likeness (QED) is 0.712. The molecule has 1 aromatic carbocycles. The van der Waals surface area contributed by atoms with Crippen molar-refractivity contribution in [2.45, 2.75) is 51.0 Å². The van der Waals surface area contributed by atoms with Crippen LogP contribution in [0.2, 0.25) is 0 Å². The number of aromatic hydroxyl groups is 1. The topological polar surface area (TPSA) is 40.5 Å². The summed E-state index contributed by atoms with van der Waals surface area (Å²) < 4.78 is 0. The van der Waals surface area contributed by atoms with Crippen molar-refractivity contribution >= 4 is 0 Å². The average Bonchev–Trinajstić information content (AvgIpc) is 2.68. The summed E-state index contributed by atoms with van der Waals surface area (Å²) in [4.78, 5) is 0. The molecule has 5 atom stereocenters. The van der Waals surface area contributed by atoms with Gasteiger partial charge in [-0.2, -0.15) is 0 Å². The SMILES string of the molecule is C=C1C2[C@@H]3CCc4cc(O)ccc4[C@H]3CC[C@]2(C)C[C@@H]1O. The summed E-state index contributed by atoms with van der Waals surface area (Å²) >= 11 is 0. The molecular formula is C19H24O2. The lowest BCUT2D eigenvalue weighted by atomic mass is 9.55. The number of aliphatic hydroxyl groups is 1. The first kappa shape index (κ1) is 13.4. The summed E-state index contributed by atoms with van der Waals surface area (Å²) in [5.74, 6) is 2.04. The molecule has 0 saturated heterocycles. The summed E-state index contributed by atoms with van der Waals surface area (Å²) in [6, 6.07) is 5.89. The van der Waals surface area contributed by atoms with Crippen molar-refractivity contribution in [2.75, 3.05) is 0 Å². The van der Waals surface area contributed by atoms with Gasteiger partial charge in [0, 0.05) is 0 Å². The van der Waals surface area contributed by atoms with Crippen LogP contribution in [0, 0.1) is 17.3 Å². The molecule has 2 heteroatoms. The number of aryl methyl sites for hydroxylation is 1. The predicted octanol–water partition coefficient (Wildman–Crippen LogP) is 3.78. The van der Waals surface area contributed by atoms with Crippen LogP contribution < -0.4 is 0 Å². The largest absolute Gasteiger partial charge is 0.508 e. The molecule has 0 radical (unpaired) electrons. The van der Waals surface area contributed by atoms with E-state index in [1.807, 2.05) is 12.1 Å². The molecule has 3 aliphatic rings. The van der Waals surface area contributed by atoms with Crippen LogP contribution in [-0.4, -0.2) is 16.3 Å². The highest BCUT2D eigenvalue weighted by molar-refractivity contribution is 5.41. The van der Waals surface area contributed by atoms with Gasteiger partial charge in [-0.3, -0.25) is 0 Å². The van der Waals surface area contributed by atoms with Crippen LogP contribution in [-0.2, 0) is 6.42 Å². The second-order valence-corrected chi connectivity index (χ2v) is 7.66. The van der Waals surface area contributed by atoms with Gasteiger partial charge in [0.1, 0.15) is 5.75 Å². The van der Waals surface area contributed by atoms with Gasteiger partial charge in [0.05, 0.1) is 6.10 Å². The van der Waals surface area contributed by atoms with Gasteiger partial charge < -0.3 is 10.2 Å². The van der Waals surface area contributed by atoms with Gasteiger partial charge in [-0.05, 0) is 84.1 Å². The zero-order chi connectivity index (χ0) is 14.8. The third kappa shape index (κ3) is 1.81. The Morgan fingerprint density at radius 3 is 2.90 bits per heavy atom. The van der Waals surface area contributed by atoms with Gasteiger partial charge in [-0.1, -0.05) is 19.6 Å². The number of benzene rings is 1. The number of rotatable bonds is 0. The molecule has 21 heavy (non-hydrogen) atoms. The number of hydrogen-bond acceptors (Lipinski definition) is 2. The molecule has 1 unspecified atom stereocenters. The van der Waals surface area contributed by atoms with E-state index in [0.29, 0.717) is 23.5 Å². The van der Waals surface area contributed by atoms with E-state index in [1.54, 1.807) is 0 Å². The molecular weight excluding hydrogens is 260 g/mol. The first-order chi connectivity index (χ1) is 9.99. The monoisotopic (exact) mass is 284 g/mol. The van der Waals surface area contributed by atoms with E-state index in [2.05, 4.69) is 19.6 Å². The lowest BCUT2D eigenvalue weighted by molar-refractivity contribution is 0.0718. The van der Waals surface area contributed by atoms with E-state index in [4.69, 9.17) is 0 Å². The predicted molar refractivity (Wildman–Crippen MR) is 83.3 cm³/mol. The summed E-state index contributed by atoms with van der Waals surface area (Å²) in [5, 5.41) is 20.0. The maximum absolute atomic E-state index is 10.3. The molecule has 0 spiro atoms. The van der Waals surface area contributed by atoms with Gasteiger partial charge in [0.15, 0.2) is 0 Å². The van der Waals surface area contributed by atoms with Crippen LogP contribution in [0.3, 0.4) is 0 Å². The fourth-order valence-electron chi connectivity index (χ4n) is 5.58. The molecule has 0 aliphatic heterocycles. The highest BCUT2D eigenvalue weighted by Gasteiger charge is 2.54. The zero-order valence-corrected chi connectivity index (χ0v) is 12.7. The molecule has 0 heterocycles. The van der Waals surface area contributed by atoms with Crippen molar-refractivity contribution in [3.63, 3.8) is 0 Å². The Morgan fingerprint density at radius 1 is 1.29 bits per heavy atom. The number of fused-ring (bicyclic) bond motifs is 5. The fraction of sp³-hybridized carbons (Fsp3) is 0.579. The number of aliphatic hydroxyl groups excluding tert-OH is 1. The fourth-order valence-corrected chi connectivity index (χ4v) is 5.58. The molecule has 1 aromatic rings. The van der Waals surface area contributed by atoms with Crippen LogP contribution in [0.25, 0.3) is 0 Å². The molecule has 2 nitrogen and oxygen atoms in total. The highest BCUT2D eigenvalue weighted by atomic mass is 16.3. The Bertz CT molecular complexity index is 606. The van der Waals surface area contributed by atoms with Crippen molar-refractivity contribution in [3.05, 3.63) is 41.5 Å². The van der Waals surface area contributed by atoms with Gasteiger partial charge in [-0.15, -0.1) is 0 Å². The lowest BCUT2D eigenvalue weighted by Crippen LogP contribution is -2.40. The zero-order valence-electron chi connectivity index (χ0n) is 12.7. The number of hydrogen-bond donors (Lipinski definition) is 2. The summed E-state index contributed by atoms with van der Waals surface area (Å²) in [7, 11) is 0. The Labute approximate surface area is 126 Å². The molecule has 0 amide bonds. The Balaban J connectivity index is 1.75. The smallest absolute Gasteiger partial charge is 0.115 e. The Morgan fingerprint density at radius 2 is 2.10 bits per heavy atom. The van der Waals surface area contributed by atoms with Crippen molar-refractivity contribution in [1.82, 2.24) is 0 Å². The minimum Gasteiger partial charge on any atom is -0.508 e. The molecule has 2 N–H and O–H groups in total. The Kier molecular flexibility index (Phi) is 2.78. The van der Waals surface area contributed by atoms with Crippen LogP contribution in [0.1, 0.15) is 49.7 Å². The van der Waals surface area contributed by atoms with Gasteiger partial charge in [0.25, 0.3) is 0 Å². The van der Waals surface area contributed by atoms with Crippen molar-refractivity contribution < 1.29 is 10.2 Å². The minimum atomic E-state index is -0.306. The molecule has 0 bridgehead atoms. The molecule has 112 valence electrons. The molecule has 3 aliphatic carbocycles. The van der Waals surface area contributed by atoms with E-state index < -0.39 is 0 Å². The molecule has 0 aromatic heterocycles. The van der Waals surface area contributed by atoms with Crippen LogP contribution in [0.5, 0.6) is 5.75 Å². The normalized spacial score (nSPS) is 41.3. The van der Waals surface area contributed by atoms with E-state index in [-0.39, 0.29) is 11.5 Å². The van der Waals surface area contributed by atoms with Crippen LogP contribution in [0.15, 0.2) is 30.4 Å². The van der Waals surface area contributed by atoms with Gasteiger partial charge in [-0.25, -0.2) is 0 Å². The molecule has 2 saturated carbocycles. The van der Waals surface area contributed by atoms with Crippen molar-refractivity contribution in [3.8, 4) is 5.75 Å². The second kappa shape index (κ2) is 4.36. The maximum Gasteiger partial charge on any atom is 0.115 e. The van der Waals surface area contributed by atoms with E-state index in [1.165, 1.54) is 24.0 Å². The summed E-state index contributed by atoms with van der Waals surface area (Å²) in [6.07, 6.45) is 5.17. The van der Waals surface area contributed by atoms with Gasteiger partial charge in [0.2, 0.25) is 0 Å². The maximum atomic E-state index is 10.3. The van der Waals surface area contributed by atoms with Crippen LogP contribution >= 0.6 is 0 Å². The minimum absolute atomic E-state index is 0.242. The molecule has 2 fully saturated rings. The summed E-state index contributed by atoms with van der Waals surface area (Å²) in [6.45, 7) is 6.58. The lowest BCUT2D eigenvalue weighted by Gasteiger charge is -2.49. The molecule has 4 rings (SSSR count). The number of phenols is 1.